The summed E-state index contributed by atoms with van der Waals surface area (Å²) in [7, 11) is 1.97. The molecule has 1 atom stereocenters. The molecule has 1 heterocycles. The van der Waals surface area contributed by atoms with E-state index >= 15 is 0 Å². The van der Waals surface area contributed by atoms with Gasteiger partial charge in [0.05, 0.1) is 22.8 Å². The lowest BCUT2D eigenvalue weighted by Crippen LogP contribution is -2.37. The summed E-state index contributed by atoms with van der Waals surface area (Å²) in [5.41, 5.74) is 2.26. The Labute approximate surface area is 152 Å². The molecule has 25 heavy (non-hydrogen) atoms. The zero-order chi connectivity index (χ0) is 17.6. The molecule has 0 fully saturated rings. The maximum absolute atomic E-state index is 12.2. The van der Waals surface area contributed by atoms with Crippen LogP contribution in [0.5, 0.6) is 0 Å². The highest BCUT2D eigenvalue weighted by Crippen LogP contribution is 2.28. The smallest absolute Gasteiger partial charge is 0.234 e. The zero-order valence-corrected chi connectivity index (χ0v) is 15.4. The van der Waals surface area contributed by atoms with Gasteiger partial charge in [0, 0.05) is 6.54 Å². The van der Waals surface area contributed by atoms with Gasteiger partial charge in [-0.15, -0.1) is 11.3 Å². The number of hydrogen-bond donors (Lipinski definition) is 1. The Hall–Kier alpha value is -2.24. The summed E-state index contributed by atoms with van der Waals surface area (Å²) in [5.74, 6) is 0.0476. The van der Waals surface area contributed by atoms with Gasteiger partial charge in [-0.25, -0.2) is 4.98 Å². The SMILES string of the molecule is C[C@H](c1nc2ccccc2s1)N(C)CC(=O)NCCc1ccccc1. The molecular formula is C20H23N3OS. The number of aromatic nitrogens is 1. The van der Waals surface area contributed by atoms with Crippen LogP contribution < -0.4 is 5.32 Å². The van der Waals surface area contributed by atoms with Crippen molar-refractivity contribution in [3.05, 3.63) is 65.2 Å². The number of fused-ring (bicyclic) bond motifs is 1. The highest BCUT2D eigenvalue weighted by Gasteiger charge is 2.18. The molecule has 0 aliphatic rings. The minimum atomic E-state index is 0.0476. The molecule has 0 saturated heterocycles. The Kier molecular flexibility index (Phi) is 5.79. The quantitative estimate of drug-likeness (QED) is 0.705. The predicted molar refractivity (Wildman–Crippen MR) is 104 cm³/mol. The van der Waals surface area contributed by atoms with Gasteiger partial charge in [-0.05, 0) is 38.1 Å². The van der Waals surface area contributed by atoms with Crippen molar-refractivity contribution in [2.45, 2.75) is 19.4 Å². The molecule has 1 N–H and O–H groups in total. The molecular weight excluding hydrogens is 330 g/mol. The van der Waals surface area contributed by atoms with Crippen LogP contribution in [0.2, 0.25) is 0 Å². The number of thiazole rings is 1. The third-order valence-corrected chi connectivity index (χ3v) is 5.51. The first-order valence-electron chi connectivity index (χ1n) is 8.50. The molecule has 0 unspecified atom stereocenters. The first-order chi connectivity index (χ1) is 12.1. The fourth-order valence-electron chi connectivity index (χ4n) is 2.67. The first kappa shape index (κ1) is 17.6. The van der Waals surface area contributed by atoms with E-state index in [0.717, 1.165) is 16.9 Å². The van der Waals surface area contributed by atoms with Crippen molar-refractivity contribution in [1.29, 1.82) is 0 Å². The van der Waals surface area contributed by atoms with E-state index < -0.39 is 0 Å². The third-order valence-electron chi connectivity index (χ3n) is 4.30. The summed E-state index contributed by atoms with van der Waals surface area (Å²) in [6.07, 6.45) is 0.851. The van der Waals surface area contributed by atoms with Gasteiger partial charge in [0.1, 0.15) is 5.01 Å². The van der Waals surface area contributed by atoms with Crippen LogP contribution in [0.3, 0.4) is 0 Å². The van der Waals surface area contributed by atoms with Crippen molar-refractivity contribution in [3.8, 4) is 0 Å². The maximum Gasteiger partial charge on any atom is 0.234 e. The van der Waals surface area contributed by atoms with Crippen molar-refractivity contribution < 1.29 is 4.79 Å². The second-order valence-corrected chi connectivity index (χ2v) is 7.26. The number of carbonyl (C=O) groups excluding carboxylic acids is 1. The average molecular weight is 353 g/mol. The van der Waals surface area contributed by atoms with Gasteiger partial charge < -0.3 is 5.32 Å². The topological polar surface area (TPSA) is 45.2 Å². The molecule has 5 heteroatoms. The molecule has 0 spiro atoms. The largest absolute Gasteiger partial charge is 0.355 e. The average Bonchev–Trinajstić information content (AvgIpc) is 3.06. The minimum absolute atomic E-state index is 0.0476. The Morgan fingerprint density at radius 2 is 1.88 bits per heavy atom. The summed E-state index contributed by atoms with van der Waals surface area (Å²) in [6.45, 7) is 3.12. The molecule has 4 nitrogen and oxygen atoms in total. The molecule has 3 rings (SSSR count). The van der Waals surface area contributed by atoms with E-state index in [2.05, 4.69) is 35.4 Å². The van der Waals surface area contributed by atoms with Crippen LogP contribution in [-0.2, 0) is 11.2 Å². The Balaban J connectivity index is 1.50. The van der Waals surface area contributed by atoms with Crippen LogP contribution >= 0.6 is 11.3 Å². The standard InChI is InChI=1S/C20H23N3OS/c1-15(20-22-17-10-6-7-11-18(17)25-20)23(2)14-19(24)21-13-12-16-8-4-3-5-9-16/h3-11,15H,12-14H2,1-2H3,(H,21,24)/t15-/m1/s1. The summed E-state index contributed by atoms with van der Waals surface area (Å²) in [6, 6.07) is 18.4. The molecule has 1 aromatic heterocycles. The van der Waals surface area contributed by atoms with Crippen LogP contribution in [0.4, 0.5) is 0 Å². The lowest BCUT2D eigenvalue weighted by atomic mass is 10.1. The lowest BCUT2D eigenvalue weighted by molar-refractivity contribution is -0.122. The van der Waals surface area contributed by atoms with E-state index in [1.54, 1.807) is 11.3 Å². The molecule has 0 aliphatic heterocycles. The normalized spacial score (nSPS) is 12.4. The predicted octanol–water partition coefficient (Wildman–Crippen LogP) is 3.65. The first-order valence-corrected chi connectivity index (χ1v) is 9.31. The molecule has 0 radical (unpaired) electrons. The number of rotatable bonds is 7. The number of benzene rings is 2. The highest BCUT2D eigenvalue weighted by molar-refractivity contribution is 7.18. The van der Waals surface area contributed by atoms with Crippen LogP contribution in [0.1, 0.15) is 23.5 Å². The fraction of sp³-hybridized carbons (Fsp3) is 0.300. The summed E-state index contributed by atoms with van der Waals surface area (Å²) >= 11 is 1.69. The number of para-hydroxylation sites is 1. The van der Waals surface area contributed by atoms with Crippen molar-refractivity contribution in [2.75, 3.05) is 20.1 Å². The van der Waals surface area contributed by atoms with E-state index in [4.69, 9.17) is 0 Å². The van der Waals surface area contributed by atoms with Gasteiger partial charge in [0.2, 0.25) is 5.91 Å². The Morgan fingerprint density at radius 1 is 1.16 bits per heavy atom. The van der Waals surface area contributed by atoms with Crippen LogP contribution in [0.25, 0.3) is 10.2 Å². The molecule has 0 bridgehead atoms. The summed E-state index contributed by atoms with van der Waals surface area (Å²) in [4.78, 5) is 18.9. The van der Waals surface area contributed by atoms with Gasteiger partial charge in [-0.1, -0.05) is 42.5 Å². The molecule has 130 valence electrons. The van der Waals surface area contributed by atoms with Gasteiger partial charge in [0.15, 0.2) is 0 Å². The summed E-state index contributed by atoms with van der Waals surface area (Å²) < 4.78 is 1.19. The number of nitrogens with one attached hydrogen (secondary N) is 1. The monoisotopic (exact) mass is 353 g/mol. The molecule has 3 aromatic rings. The zero-order valence-electron chi connectivity index (χ0n) is 14.6. The second-order valence-electron chi connectivity index (χ2n) is 6.20. The fourth-order valence-corrected chi connectivity index (χ4v) is 3.75. The molecule has 0 saturated carbocycles. The van der Waals surface area contributed by atoms with Gasteiger partial charge in [0.25, 0.3) is 0 Å². The highest BCUT2D eigenvalue weighted by atomic mass is 32.1. The molecule has 2 aromatic carbocycles. The molecule has 0 aliphatic carbocycles. The van der Waals surface area contributed by atoms with Crippen molar-refractivity contribution in [1.82, 2.24) is 15.2 Å². The Morgan fingerprint density at radius 3 is 2.64 bits per heavy atom. The third kappa shape index (κ3) is 4.65. The maximum atomic E-state index is 12.2. The number of likely N-dealkylation sites (N-methyl/N-ethyl adjacent to an activating group) is 1. The van der Waals surface area contributed by atoms with E-state index in [1.807, 2.05) is 48.3 Å². The van der Waals surface area contributed by atoms with E-state index in [0.29, 0.717) is 13.1 Å². The van der Waals surface area contributed by atoms with Crippen molar-refractivity contribution >= 4 is 27.5 Å². The summed E-state index contributed by atoms with van der Waals surface area (Å²) in [5, 5.41) is 4.04. The van der Waals surface area contributed by atoms with Gasteiger partial charge >= 0.3 is 0 Å². The minimum Gasteiger partial charge on any atom is -0.355 e. The van der Waals surface area contributed by atoms with Crippen molar-refractivity contribution in [3.63, 3.8) is 0 Å². The van der Waals surface area contributed by atoms with Crippen LogP contribution in [-0.4, -0.2) is 35.9 Å². The van der Waals surface area contributed by atoms with Gasteiger partial charge in [-0.3, -0.25) is 9.69 Å². The van der Waals surface area contributed by atoms with E-state index in [1.165, 1.54) is 10.3 Å². The second kappa shape index (κ2) is 8.23. The Bertz CT molecular complexity index is 798. The number of hydrogen-bond acceptors (Lipinski definition) is 4. The number of amides is 1. The van der Waals surface area contributed by atoms with Crippen LogP contribution in [0.15, 0.2) is 54.6 Å². The number of carbonyl (C=O) groups is 1. The van der Waals surface area contributed by atoms with Gasteiger partial charge in [-0.2, -0.15) is 0 Å². The number of nitrogens with zero attached hydrogens (tertiary/aromatic N) is 2. The van der Waals surface area contributed by atoms with E-state index in [9.17, 15) is 4.79 Å². The molecule has 1 amide bonds. The van der Waals surface area contributed by atoms with Crippen molar-refractivity contribution in [2.24, 2.45) is 0 Å². The van der Waals surface area contributed by atoms with Crippen LogP contribution in [0, 0.1) is 0 Å². The lowest BCUT2D eigenvalue weighted by Gasteiger charge is -2.22. The van der Waals surface area contributed by atoms with E-state index in [-0.39, 0.29) is 11.9 Å².